The normalized spacial score (nSPS) is 14.3. The Kier molecular flexibility index (Phi) is 8.30. The van der Waals surface area contributed by atoms with Crippen molar-refractivity contribution in [1.82, 2.24) is 0 Å². The van der Waals surface area contributed by atoms with Crippen molar-refractivity contribution in [2.24, 2.45) is 0 Å². The predicted octanol–water partition coefficient (Wildman–Crippen LogP) is 4.81. The molecule has 0 aromatic carbocycles. The highest BCUT2D eigenvalue weighted by Crippen LogP contribution is 2.13. The third-order valence-corrected chi connectivity index (χ3v) is 3.40. The van der Waals surface area contributed by atoms with E-state index in [0.29, 0.717) is 6.42 Å². The fourth-order valence-electron chi connectivity index (χ4n) is 2.22. The van der Waals surface area contributed by atoms with Crippen LogP contribution in [-0.2, 0) is 4.79 Å². The minimum Gasteiger partial charge on any atom is -0.293 e. The fourth-order valence-corrected chi connectivity index (χ4v) is 2.22. The van der Waals surface area contributed by atoms with Gasteiger partial charge in [-0.3, -0.25) is 4.79 Å². The fraction of sp³-hybridized carbons (Fsp3) is 0.706. The lowest BCUT2D eigenvalue weighted by atomic mass is 10.1. The van der Waals surface area contributed by atoms with Gasteiger partial charge in [-0.2, -0.15) is 0 Å². The molecule has 0 N–H and O–H groups in total. The number of allylic oxidation sites excluding steroid dienone is 2. The van der Waals surface area contributed by atoms with Crippen LogP contribution in [0.1, 0.15) is 77.6 Å². The summed E-state index contributed by atoms with van der Waals surface area (Å²) < 4.78 is 0. The maximum absolute atomic E-state index is 11.3. The van der Waals surface area contributed by atoms with Gasteiger partial charge < -0.3 is 0 Å². The van der Waals surface area contributed by atoms with Gasteiger partial charge in [0.05, 0.1) is 5.57 Å². The van der Waals surface area contributed by atoms with Crippen LogP contribution in [0.3, 0.4) is 0 Å². The second-order valence-electron chi connectivity index (χ2n) is 5.11. The number of Topliss-reactive ketones (excluding diaryl/α,β-unsaturated/α-hetero) is 1. The van der Waals surface area contributed by atoms with Crippen LogP contribution < -0.4 is 0 Å². The van der Waals surface area contributed by atoms with Gasteiger partial charge in [-0.05, 0) is 12.8 Å². The van der Waals surface area contributed by atoms with Crippen molar-refractivity contribution < 1.29 is 4.79 Å². The third kappa shape index (κ3) is 6.64. The van der Waals surface area contributed by atoms with Gasteiger partial charge in [-0.25, -0.2) is 0 Å². The molecule has 0 fully saturated rings. The Morgan fingerprint density at radius 1 is 1.06 bits per heavy atom. The van der Waals surface area contributed by atoms with Crippen molar-refractivity contribution >= 4 is 5.78 Å². The van der Waals surface area contributed by atoms with E-state index in [1.807, 2.05) is 6.08 Å². The lowest BCUT2D eigenvalue weighted by Gasteiger charge is -1.99. The van der Waals surface area contributed by atoms with E-state index in [1.165, 1.54) is 51.4 Å². The second kappa shape index (κ2) is 9.95. The van der Waals surface area contributed by atoms with Gasteiger partial charge in [0, 0.05) is 12.8 Å². The summed E-state index contributed by atoms with van der Waals surface area (Å²) in [6.45, 7) is 2.25. The molecule has 0 heterocycles. The maximum atomic E-state index is 11.3. The van der Waals surface area contributed by atoms with Crippen molar-refractivity contribution in [3.05, 3.63) is 11.6 Å². The van der Waals surface area contributed by atoms with Gasteiger partial charge in [0.2, 0.25) is 0 Å². The Bertz CT molecular complexity index is 327. The minimum atomic E-state index is 0.235. The van der Waals surface area contributed by atoms with Crippen molar-refractivity contribution in [2.45, 2.75) is 77.6 Å². The molecule has 0 radical (unpaired) electrons. The van der Waals surface area contributed by atoms with Gasteiger partial charge in [0.15, 0.2) is 5.78 Å². The molecule has 100 valence electrons. The van der Waals surface area contributed by atoms with Crippen molar-refractivity contribution in [2.75, 3.05) is 0 Å². The summed E-state index contributed by atoms with van der Waals surface area (Å²) in [5.74, 6) is 6.38. The van der Waals surface area contributed by atoms with E-state index >= 15 is 0 Å². The quantitative estimate of drug-likeness (QED) is 0.443. The number of unbranched alkanes of at least 4 members (excludes halogenated alkanes) is 8. The molecule has 1 heteroatoms. The molecule has 0 unspecified atom stereocenters. The molecule has 1 aliphatic rings. The summed E-state index contributed by atoms with van der Waals surface area (Å²) in [4.78, 5) is 11.3. The molecule has 0 amide bonds. The molecule has 1 rings (SSSR count). The van der Waals surface area contributed by atoms with E-state index in [-0.39, 0.29) is 5.78 Å². The van der Waals surface area contributed by atoms with Crippen LogP contribution in [-0.4, -0.2) is 5.78 Å². The average Bonchev–Trinajstić information content (AvgIpc) is 2.77. The first-order valence-electron chi connectivity index (χ1n) is 7.57. The highest BCUT2D eigenvalue weighted by atomic mass is 16.1. The van der Waals surface area contributed by atoms with E-state index in [1.54, 1.807) is 0 Å². The zero-order valence-electron chi connectivity index (χ0n) is 11.8. The van der Waals surface area contributed by atoms with Crippen molar-refractivity contribution in [3.63, 3.8) is 0 Å². The standard InChI is InChI=1S/C17H26O/c1-2-3-4-5-6-7-8-9-10-11-13-16-14-12-15-17(16)18/h14H,2-10,12,15H2,1H3. The number of hydrogen-bond acceptors (Lipinski definition) is 1. The van der Waals surface area contributed by atoms with Crippen LogP contribution in [0.25, 0.3) is 0 Å². The molecule has 0 aromatic rings. The van der Waals surface area contributed by atoms with Gasteiger partial charge in [-0.1, -0.05) is 69.8 Å². The van der Waals surface area contributed by atoms with Crippen LogP contribution >= 0.6 is 0 Å². The first-order chi connectivity index (χ1) is 8.84. The molecule has 0 aliphatic heterocycles. The van der Waals surface area contributed by atoms with Crippen molar-refractivity contribution in [3.8, 4) is 11.8 Å². The third-order valence-electron chi connectivity index (χ3n) is 3.40. The molecule has 0 bridgehead atoms. The van der Waals surface area contributed by atoms with Crippen LogP contribution in [0.4, 0.5) is 0 Å². The highest BCUT2D eigenvalue weighted by molar-refractivity contribution is 6.01. The highest BCUT2D eigenvalue weighted by Gasteiger charge is 2.11. The lowest BCUT2D eigenvalue weighted by molar-refractivity contribution is -0.114. The van der Waals surface area contributed by atoms with Crippen LogP contribution in [0.2, 0.25) is 0 Å². The topological polar surface area (TPSA) is 17.1 Å². The number of carbonyl (C=O) groups is 1. The van der Waals surface area contributed by atoms with Gasteiger partial charge in [0.1, 0.15) is 0 Å². The molecule has 0 aromatic heterocycles. The molecular formula is C17H26O. The number of carbonyl (C=O) groups excluding carboxylic acids is 1. The van der Waals surface area contributed by atoms with E-state index < -0.39 is 0 Å². The number of rotatable bonds is 8. The largest absolute Gasteiger partial charge is 0.293 e. The Morgan fingerprint density at radius 3 is 2.33 bits per heavy atom. The van der Waals surface area contributed by atoms with Gasteiger partial charge in [-0.15, -0.1) is 0 Å². The molecule has 18 heavy (non-hydrogen) atoms. The zero-order chi connectivity index (χ0) is 13.1. The SMILES string of the molecule is CCCCCCCCCCC#CC1=CCCC1=O. The van der Waals surface area contributed by atoms with Crippen molar-refractivity contribution in [1.29, 1.82) is 0 Å². The van der Waals surface area contributed by atoms with E-state index in [9.17, 15) is 4.79 Å². The molecule has 0 atom stereocenters. The second-order valence-corrected chi connectivity index (χ2v) is 5.11. The lowest BCUT2D eigenvalue weighted by Crippen LogP contribution is -1.91. The Balaban J connectivity index is 1.93. The molecular weight excluding hydrogens is 220 g/mol. The van der Waals surface area contributed by atoms with Crippen LogP contribution in [0.5, 0.6) is 0 Å². The Morgan fingerprint density at radius 2 is 1.72 bits per heavy atom. The van der Waals surface area contributed by atoms with Crippen LogP contribution in [0.15, 0.2) is 11.6 Å². The van der Waals surface area contributed by atoms with E-state index in [2.05, 4.69) is 18.8 Å². The number of ketones is 1. The summed E-state index contributed by atoms with van der Waals surface area (Å²) in [7, 11) is 0. The summed E-state index contributed by atoms with van der Waals surface area (Å²) in [5, 5.41) is 0. The summed E-state index contributed by atoms with van der Waals surface area (Å²) >= 11 is 0. The first kappa shape index (κ1) is 15.0. The predicted molar refractivity (Wildman–Crippen MR) is 77.3 cm³/mol. The zero-order valence-corrected chi connectivity index (χ0v) is 11.8. The van der Waals surface area contributed by atoms with Gasteiger partial charge in [0.25, 0.3) is 0 Å². The molecule has 1 nitrogen and oxygen atoms in total. The average molecular weight is 246 g/mol. The maximum Gasteiger partial charge on any atom is 0.171 e. The summed E-state index contributed by atoms with van der Waals surface area (Å²) in [6, 6.07) is 0. The Labute approximate surface area is 112 Å². The molecule has 0 spiro atoms. The number of hydrogen-bond donors (Lipinski definition) is 0. The summed E-state index contributed by atoms with van der Waals surface area (Å²) in [6.07, 6.45) is 15.2. The first-order valence-corrected chi connectivity index (χ1v) is 7.57. The molecule has 0 saturated heterocycles. The summed E-state index contributed by atoms with van der Waals surface area (Å²) in [5.41, 5.74) is 0.759. The van der Waals surface area contributed by atoms with E-state index in [0.717, 1.165) is 18.4 Å². The smallest absolute Gasteiger partial charge is 0.171 e. The van der Waals surface area contributed by atoms with E-state index in [4.69, 9.17) is 0 Å². The van der Waals surface area contributed by atoms with Crippen LogP contribution in [0, 0.1) is 11.8 Å². The molecule has 0 saturated carbocycles. The monoisotopic (exact) mass is 246 g/mol. The Hall–Kier alpha value is -1.03. The van der Waals surface area contributed by atoms with Gasteiger partial charge >= 0.3 is 0 Å². The molecule has 1 aliphatic carbocycles. The minimum absolute atomic E-state index is 0.235.